The molecule has 5 nitrogen and oxygen atoms in total. The summed E-state index contributed by atoms with van der Waals surface area (Å²) in [6.07, 6.45) is 2.47. The fraction of sp³-hybridized carbons (Fsp3) is 0.368. The van der Waals surface area contributed by atoms with Crippen molar-refractivity contribution in [1.82, 2.24) is 14.8 Å². The predicted molar refractivity (Wildman–Crippen MR) is 101 cm³/mol. The molecule has 0 amide bonds. The van der Waals surface area contributed by atoms with E-state index >= 15 is 0 Å². The summed E-state index contributed by atoms with van der Waals surface area (Å²) in [4.78, 5) is 4.21. The highest BCUT2D eigenvalue weighted by Gasteiger charge is 2.21. The second-order valence-corrected chi connectivity index (χ2v) is 6.96. The van der Waals surface area contributed by atoms with Crippen molar-refractivity contribution in [2.45, 2.75) is 31.7 Å². The lowest BCUT2D eigenvalue weighted by Crippen LogP contribution is -2.20. The van der Waals surface area contributed by atoms with Crippen LogP contribution in [0.4, 0.5) is 20.3 Å². The van der Waals surface area contributed by atoms with Crippen LogP contribution >= 0.6 is 11.6 Å². The van der Waals surface area contributed by atoms with E-state index in [1.807, 2.05) is 10.7 Å². The Morgan fingerprint density at radius 1 is 1.26 bits per heavy atom. The van der Waals surface area contributed by atoms with Gasteiger partial charge in [0.1, 0.15) is 0 Å². The summed E-state index contributed by atoms with van der Waals surface area (Å²) in [6.45, 7) is 1.43. The van der Waals surface area contributed by atoms with Crippen LogP contribution in [0.15, 0.2) is 36.7 Å². The molecule has 1 saturated heterocycles. The number of nitrogens with one attached hydrogen (secondary N) is 1. The van der Waals surface area contributed by atoms with Crippen LogP contribution in [0.1, 0.15) is 24.4 Å². The molecule has 27 heavy (non-hydrogen) atoms. The van der Waals surface area contributed by atoms with E-state index < -0.39 is 6.43 Å². The highest BCUT2D eigenvalue weighted by atomic mass is 35.5. The average Bonchev–Trinajstić information content (AvgIpc) is 3.03. The van der Waals surface area contributed by atoms with Gasteiger partial charge < -0.3 is 10.1 Å². The number of hydrogen-bond donors (Lipinski definition) is 1. The zero-order valence-electron chi connectivity index (χ0n) is 14.5. The Hall–Kier alpha value is -2.25. The first kappa shape index (κ1) is 18.1. The van der Waals surface area contributed by atoms with Gasteiger partial charge >= 0.3 is 0 Å². The molecule has 1 aliphatic rings. The molecule has 3 aromatic rings. The molecule has 0 spiro atoms. The first-order valence-corrected chi connectivity index (χ1v) is 9.23. The van der Waals surface area contributed by atoms with Crippen molar-refractivity contribution in [2.24, 2.45) is 0 Å². The Bertz CT molecular complexity index is 941. The van der Waals surface area contributed by atoms with E-state index in [0.717, 1.165) is 23.7 Å². The Balaban J connectivity index is 1.68. The van der Waals surface area contributed by atoms with Gasteiger partial charge in [-0.2, -0.15) is 5.10 Å². The zero-order chi connectivity index (χ0) is 18.8. The lowest BCUT2D eigenvalue weighted by molar-refractivity contribution is 0.0675. The van der Waals surface area contributed by atoms with E-state index in [1.165, 1.54) is 0 Å². The monoisotopic (exact) mass is 392 g/mol. The summed E-state index contributed by atoms with van der Waals surface area (Å²) in [5.41, 5.74) is 2.06. The van der Waals surface area contributed by atoms with E-state index in [0.29, 0.717) is 35.3 Å². The maximum Gasteiger partial charge on any atom is 0.242 e. The van der Waals surface area contributed by atoms with Gasteiger partial charge in [-0.25, -0.2) is 8.78 Å². The number of aromatic nitrogens is 3. The fourth-order valence-corrected chi connectivity index (χ4v) is 3.59. The number of ether oxygens (including phenoxy) is 1. The van der Waals surface area contributed by atoms with Gasteiger partial charge in [0.25, 0.3) is 0 Å². The summed E-state index contributed by atoms with van der Waals surface area (Å²) in [5, 5.41) is 9.21. The molecule has 0 aliphatic carbocycles. The maximum absolute atomic E-state index is 12.8. The van der Waals surface area contributed by atoms with Gasteiger partial charge in [-0.15, -0.1) is 0 Å². The van der Waals surface area contributed by atoms with Crippen molar-refractivity contribution in [3.8, 4) is 0 Å². The number of alkyl halides is 2. The third-order valence-electron chi connectivity index (χ3n) is 4.73. The highest BCUT2D eigenvalue weighted by molar-refractivity contribution is 6.31. The van der Waals surface area contributed by atoms with Gasteiger partial charge in [0.05, 0.1) is 16.9 Å². The molecule has 0 radical (unpaired) electrons. The second-order valence-electron chi connectivity index (χ2n) is 6.56. The number of nitrogens with zero attached hydrogens (tertiary/aromatic N) is 3. The summed E-state index contributed by atoms with van der Waals surface area (Å²) in [7, 11) is 0. The third-order valence-corrected chi connectivity index (χ3v) is 5.10. The predicted octanol–water partition coefficient (Wildman–Crippen LogP) is 4.99. The molecule has 0 unspecified atom stereocenters. The van der Waals surface area contributed by atoms with Crippen LogP contribution in [0.5, 0.6) is 0 Å². The van der Waals surface area contributed by atoms with Gasteiger partial charge in [0.15, 0.2) is 5.82 Å². The van der Waals surface area contributed by atoms with Crippen molar-refractivity contribution in [2.75, 3.05) is 18.5 Å². The molecule has 142 valence electrons. The van der Waals surface area contributed by atoms with Gasteiger partial charge in [0.2, 0.25) is 6.43 Å². The van der Waals surface area contributed by atoms with Crippen molar-refractivity contribution in [1.29, 1.82) is 0 Å². The summed E-state index contributed by atoms with van der Waals surface area (Å²) < 4.78 is 33.0. The van der Waals surface area contributed by atoms with Gasteiger partial charge in [0, 0.05) is 42.7 Å². The standard InChI is InChI=1S/C19H19ClF2N4O/c20-16-2-1-13(9-12(16)10-18(21)22)24-19-15-11-23-6-3-17(15)26(25-19)14-4-7-27-8-5-14/h1-3,6,9,11,14,18H,4-5,7-8,10H2,(H,24,25). The molecule has 1 fully saturated rings. The lowest BCUT2D eigenvalue weighted by atomic mass is 10.1. The number of anilines is 2. The zero-order valence-corrected chi connectivity index (χ0v) is 15.3. The van der Waals surface area contributed by atoms with Crippen molar-refractivity contribution >= 4 is 34.0 Å². The van der Waals surface area contributed by atoms with Crippen molar-refractivity contribution in [3.63, 3.8) is 0 Å². The largest absolute Gasteiger partial charge is 0.381 e. The number of hydrogen-bond acceptors (Lipinski definition) is 4. The first-order chi connectivity index (χ1) is 13.1. The molecule has 4 rings (SSSR count). The maximum atomic E-state index is 12.8. The van der Waals surface area contributed by atoms with Crippen molar-refractivity contribution in [3.05, 3.63) is 47.2 Å². The molecule has 0 atom stereocenters. The lowest BCUT2D eigenvalue weighted by Gasteiger charge is -2.23. The smallest absolute Gasteiger partial charge is 0.242 e. The SMILES string of the molecule is FC(F)Cc1cc(Nc2nn(C3CCOCC3)c3ccncc23)ccc1Cl. The molecule has 0 bridgehead atoms. The Morgan fingerprint density at radius 2 is 2.07 bits per heavy atom. The molecule has 3 heterocycles. The van der Waals surface area contributed by atoms with Crippen LogP contribution in [0, 0.1) is 0 Å². The number of benzene rings is 1. The van der Waals surface area contributed by atoms with E-state index in [4.69, 9.17) is 21.4 Å². The normalized spacial score (nSPS) is 15.6. The second kappa shape index (κ2) is 7.78. The minimum absolute atomic E-state index is 0.263. The Morgan fingerprint density at radius 3 is 2.85 bits per heavy atom. The van der Waals surface area contributed by atoms with E-state index in [1.54, 1.807) is 30.6 Å². The molecule has 1 aromatic carbocycles. The highest BCUT2D eigenvalue weighted by Crippen LogP contribution is 2.32. The number of halogens is 3. The quantitative estimate of drug-likeness (QED) is 0.664. The molecule has 0 saturated carbocycles. The molecular weight excluding hydrogens is 374 g/mol. The number of rotatable bonds is 5. The van der Waals surface area contributed by atoms with Crippen LogP contribution in [0.3, 0.4) is 0 Å². The van der Waals surface area contributed by atoms with E-state index in [2.05, 4.69) is 10.3 Å². The fourth-order valence-electron chi connectivity index (χ4n) is 3.40. The number of fused-ring (bicyclic) bond motifs is 1. The van der Waals surface area contributed by atoms with Gasteiger partial charge in [-0.05, 0) is 42.7 Å². The molecule has 8 heteroatoms. The van der Waals surface area contributed by atoms with Crippen LogP contribution in [0.2, 0.25) is 5.02 Å². The van der Waals surface area contributed by atoms with Crippen molar-refractivity contribution < 1.29 is 13.5 Å². The van der Waals surface area contributed by atoms with Gasteiger partial charge in [-0.1, -0.05) is 11.6 Å². The van der Waals surface area contributed by atoms with Crippen LogP contribution in [0.25, 0.3) is 10.9 Å². The molecule has 1 N–H and O–H groups in total. The first-order valence-electron chi connectivity index (χ1n) is 8.85. The van der Waals surface area contributed by atoms with E-state index in [9.17, 15) is 8.78 Å². The van der Waals surface area contributed by atoms with E-state index in [-0.39, 0.29) is 12.5 Å². The third kappa shape index (κ3) is 3.89. The molecular formula is C19H19ClF2N4O. The molecule has 1 aliphatic heterocycles. The summed E-state index contributed by atoms with van der Waals surface area (Å²) in [5.74, 6) is 0.648. The summed E-state index contributed by atoms with van der Waals surface area (Å²) >= 11 is 6.04. The minimum Gasteiger partial charge on any atom is -0.381 e. The minimum atomic E-state index is -2.45. The number of pyridine rings is 1. The molecule has 2 aromatic heterocycles. The van der Waals surface area contributed by atoms with Crippen LogP contribution < -0.4 is 5.32 Å². The average molecular weight is 393 g/mol. The Kier molecular flexibility index (Phi) is 5.22. The van der Waals surface area contributed by atoms with Crippen LogP contribution in [-0.4, -0.2) is 34.4 Å². The summed E-state index contributed by atoms with van der Waals surface area (Å²) in [6, 6.07) is 7.22. The topological polar surface area (TPSA) is 52.0 Å². The Labute approximate surface area is 160 Å². The van der Waals surface area contributed by atoms with Crippen LogP contribution in [-0.2, 0) is 11.2 Å². The van der Waals surface area contributed by atoms with Gasteiger partial charge in [-0.3, -0.25) is 9.67 Å².